The Hall–Kier alpha value is -1.96. The van der Waals surface area contributed by atoms with Crippen LogP contribution in [0, 0.1) is 13.8 Å². The lowest BCUT2D eigenvalue weighted by Crippen LogP contribution is -1.87. The molecule has 0 bridgehead atoms. The van der Waals surface area contributed by atoms with Crippen molar-refractivity contribution in [3.63, 3.8) is 0 Å². The van der Waals surface area contributed by atoms with Crippen LogP contribution in [0.25, 0.3) is 11.1 Å². The molecule has 16 heavy (non-hydrogen) atoms. The highest BCUT2D eigenvalue weighted by Gasteiger charge is 2.09. The molecule has 0 aliphatic rings. The second-order valence-corrected chi connectivity index (χ2v) is 3.90. The van der Waals surface area contributed by atoms with E-state index >= 15 is 0 Å². The summed E-state index contributed by atoms with van der Waals surface area (Å²) in [6.07, 6.45) is 0. The molecule has 2 aromatic rings. The first-order valence-corrected chi connectivity index (χ1v) is 5.19. The molecule has 0 amide bonds. The Kier molecular flexibility index (Phi) is 2.57. The Balaban J connectivity index is 2.68. The van der Waals surface area contributed by atoms with Crippen molar-refractivity contribution in [1.29, 1.82) is 0 Å². The quantitative estimate of drug-likeness (QED) is 0.764. The molecule has 2 aromatic carbocycles. The maximum Gasteiger partial charge on any atom is 0.119 e. The fourth-order valence-corrected chi connectivity index (χ4v) is 1.83. The molecule has 2 rings (SSSR count). The van der Waals surface area contributed by atoms with Crippen LogP contribution in [-0.4, -0.2) is 10.2 Å². The minimum Gasteiger partial charge on any atom is -0.508 e. The van der Waals surface area contributed by atoms with Gasteiger partial charge in [0.1, 0.15) is 11.5 Å². The van der Waals surface area contributed by atoms with Gasteiger partial charge in [0.15, 0.2) is 0 Å². The van der Waals surface area contributed by atoms with E-state index in [-0.39, 0.29) is 11.5 Å². The summed E-state index contributed by atoms with van der Waals surface area (Å²) in [5, 5.41) is 19.3. The highest BCUT2D eigenvalue weighted by atomic mass is 16.3. The van der Waals surface area contributed by atoms with Gasteiger partial charge in [-0.3, -0.25) is 0 Å². The third-order valence-corrected chi connectivity index (χ3v) is 2.90. The number of benzene rings is 2. The van der Waals surface area contributed by atoms with Gasteiger partial charge in [0.05, 0.1) is 0 Å². The van der Waals surface area contributed by atoms with E-state index in [0.717, 1.165) is 22.3 Å². The lowest BCUT2D eigenvalue weighted by molar-refractivity contribution is 0.470. The highest BCUT2D eigenvalue weighted by molar-refractivity contribution is 5.74. The lowest BCUT2D eigenvalue weighted by Gasteiger charge is -2.11. The van der Waals surface area contributed by atoms with E-state index in [4.69, 9.17) is 0 Å². The van der Waals surface area contributed by atoms with E-state index in [9.17, 15) is 10.2 Å². The van der Waals surface area contributed by atoms with Gasteiger partial charge in [-0.05, 0) is 48.2 Å². The summed E-state index contributed by atoms with van der Waals surface area (Å²) in [5.41, 5.74) is 3.56. The molecule has 0 saturated heterocycles. The van der Waals surface area contributed by atoms with Crippen LogP contribution in [0.4, 0.5) is 0 Å². The van der Waals surface area contributed by atoms with Crippen LogP contribution in [-0.2, 0) is 0 Å². The third-order valence-electron chi connectivity index (χ3n) is 2.90. The molecule has 82 valence electrons. The molecule has 2 heteroatoms. The van der Waals surface area contributed by atoms with Gasteiger partial charge < -0.3 is 10.2 Å². The van der Waals surface area contributed by atoms with E-state index in [0.29, 0.717) is 0 Å². The van der Waals surface area contributed by atoms with Crippen LogP contribution in [0.1, 0.15) is 11.1 Å². The topological polar surface area (TPSA) is 40.5 Å². The van der Waals surface area contributed by atoms with Gasteiger partial charge in [0, 0.05) is 0 Å². The van der Waals surface area contributed by atoms with E-state index in [1.165, 1.54) is 0 Å². The number of phenols is 2. The summed E-state index contributed by atoms with van der Waals surface area (Å²) in [5.74, 6) is 0.556. The fraction of sp³-hybridized carbons (Fsp3) is 0.143. The molecule has 2 nitrogen and oxygen atoms in total. The highest BCUT2D eigenvalue weighted by Crippen LogP contribution is 2.34. The minimum absolute atomic E-state index is 0.278. The fourth-order valence-electron chi connectivity index (χ4n) is 1.83. The predicted molar refractivity (Wildman–Crippen MR) is 64.7 cm³/mol. The molecule has 0 heterocycles. The molecule has 0 fully saturated rings. The Labute approximate surface area is 94.8 Å². The average Bonchev–Trinajstić information content (AvgIpc) is 2.27. The second kappa shape index (κ2) is 3.89. The Bertz CT molecular complexity index is 481. The van der Waals surface area contributed by atoms with Gasteiger partial charge in [-0.1, -0.05) is 24.3 Å². The summed E-state index contributed by atoms with van der Waals surface area (Å²) in [4.78, 5) is 0. The molecule has 0 spiro atoms. The van der Waals surface area contributed by atoms with Gasteiger partial charge in [-0.25, -0.2) is 0 Å². The van der Waals surface area contributed by atoms with Gasteiger partial charge >= 0.3 is 0 Å². The van der Waals surface area contributed by atoms with Crippen molar-refractivity contribution in [3.8, 4) is 22.6 Å². The van der Waals surface area contributed by atoms with Crippen molar-refractivity contribution in [3.05, 3.63) is 47.5 Å². The summed E-state index contributed by atoms with van der Waals surface area (Å²) in [7, 11) is 0. The van der Waals surface area contributed by atoms with Crippen molar-refractivity contribution in [2.24, 2.45) is 0 Å². The molecule has 2 N–H and O–H groups in total. The number of phenolic OH excluding ortho intramolecular Hbond substituents is 2. The van der Waals surface area contributed by atoms with Crippen molar-refractivity contribution < 1.29 is 10.2 Å². The zero-order chi connectivity index (χ0) is 11.7. The van der Waals surface area contributed by atoms with Crippen LogP contribution in [0.5, 0.6) is 11.5 Å². The summed E-state index contributed by atoms with van der Waals surface area (Å²) in [6, 6.07) is 10.8. The average molecular weight is 214 g/mol. The first-order chi connectivity index (χ1) is 7.61. The lowest BCUT2D eigenvalue weighted by atomic mass is 9.96. The van der Waals surface area contributed by atoms with Crippen LogP contribution < -0.4 is 0 Å². The number of aromatic hydroxyl groups is 2. The Morgan fingerprint density at radius 3 is 1.44 bits per heavy atom. The SMILES string of the molecule is Cc1c(O)cccc1-c1cccc(O)c1C. The molecule has 0 aliphatic carbocycles. The standard InChI is InChI=1S/C14H14O2/c1-9-11(5-3-7-13(9)15)12-6-4-8-14(16)10(12)2/h3-8,15-16H,1-2H3. The second-order valence-electron chi connectivity index (χ2n) is 3.90. The van der Waals surface area contributed by atoms with Crippen molar-refractivity contribution in [1.82, 2.24) is 0 Å². The van der Waals surface area contributed by atoms with E-state index < -0.39 is 0 Å². The van der Waals surface area contributed by atoms with Crippen molar-refractivity contribution in [2.75, 3.05) is 0 Å². The maximum atomic E-state index is 9.66. The molecule has 0 aromatic heterocycles. The van der Waals surface area contributed by atoms with Crippen LogP contribution in [0.3, 0.4) is 0 Å². The summed E-state index contributed by atoms with van der Waals surface area (Å²) in [6.45, 7) is 3.74. The molecule has 0 unspecified atom stereocenters. The molecule has 0 saturated carbocycles. The van der Waals surface area contributed by atoms with Crippen LogP contribution in [0.2, 0.25) is 0 Å². The molecule has 0 radical (unpaired) electrons. The molecule has 0 atom stereocenters. The molecular weight excluding hydrogens is 200 g/mol. The van der Waals surface area contributed by atoms with E-state index in [1.54, 1.807) is 24.3 Å². The minimum atomic E-state index is 0.278. The third kappa shape index (κ3) is 1.63. The van der Waals surface area contributed by atoms with E-state index in [1.807, 2.05) is 26.0 Å². The zero-order valence-corrected chi connectivity index (χ0v) is 9.36. The van der Waals surface area contributed by atoms with Gasteiger partial charge in [-0.15, -0.1) is 0 Å². The Morgan fingerprint density at radius 2 is 1.06 bits per heavy atom. The normalized spacial score (nSPS) is 10.4. The maximum absolute atomic E-state index is 9.66. The smallest absolute Gasteiger partial charge is 0.119 e. The summed E-state index contributed by atoms with van der Waals surface area (Å²) >= 11 is 0. The van der Waals surface area contributed by atoms with Gasteiger partial charge in [0.25, 0.3) is 0 Å². The van der Waals surface area contributed by atoms with Crippen LogP contribution >= 0.6 is 0 Å². The molecular formula is C14H14O2. The molecule has 0 aliphatic heterocycles. The predicted octanol–water partition coefficient (Wildman–Crippen LogP) is 3.38. The Morgan fingerprint density at radius 1 is 0.688 bits per heavy atom. The van der Waals surface area contributed by atoms with Gasteiger partial charge in [0.2, 0.25) is 0 Å². The number of hydrogen-bond acceptors (Lipinski definition) is 2. The monoisotopic (exact) mass is 214 g/mol. The number of rotatable bonds is 1. The van der Waals surface area contributed by atoms with E-state index in [2.05, 4.69) is 0 Å². The van der Waals surface area contributed by atoms with Crippen molar-refractivity contribution >= 4 is 0 Å². The largest absolute Gasteiger partial charge is 0.508 e. The first kappa shape index (κ1) is 10.6. The summed E-state index contributed by atoms with van der Waals surface area (Å²) < 4.78 is 0. The van der Waals surface area contributed by atoms with Crippen molar-refractivity contribution in [2.45, 2.75) is 13.8 Å². The first-order valence-electron chi connectivity index (χ1n) is 5.19. The van der Waals surface area contributed by atoms with Crippen LogP contribution in [0.15, 0.2) is 36.4 Å². The zero-order valence-electron chi connectivity index (χ0n) is 9.36. The number of hydrogen-bond donors (Lipinski definition) is 2. The van der Waals surface area contributed by atoms with Gasteiger partial charge in [-0.2, -0.15) is 0 Å².